The molecule has 0 bridgehead atoms. The van der Waals surface area contributed by atoms with Gasteiger partial charge < -0.3 is 5.32 Å². The average molecular weight is 382 g/mol. The van der Waals surface area contributed by atoms with Crippen LogP contribution in [0.3, 0.4) is 0 Å². The molecule has 0 fully saturated rings. The summed E-state index contributed by atoms with van der Waals surface area (Å²) in [4.78, 5) is 20.6. The molecule has 26 heavy (non-hydrogen) atoms. The molecule has 0 atom stereocenters. The van der Waals surface area contributed by atoms with Gasteiger partial charge in [0.2, 0.25) is 0 Å². The normalized spacial score (nSPS) is 11.2. The fraction of sp³-hybridized carbons (Fsp3) is 0.263. The Balaban J connectivity index is 1.68. The lowest BCUT2D eigenvalue weighted by Crippen LogP contribution is -2.08. The third-order valence-corrected chi connectivity index (χ3v) is 6.21. The molecule has 0 spiro atoms. The van der Waals surface area contributed by atoms with Gasteiger partial charge in [0.25, 0.3) is 0 Å². The van der Waals surface area contributed by atoms with Crippen molar-refractivity contribution < 1.29 is 0 Å². The topological polar surface area (TPSA) is 63.6 Å². The van der Waals surface area contributed by atoms with Crippen molar-refractivity contribution in [2.45, 2.75) is 27.2 Å². The number of thiazole rings is 1. The second-order valence-electron chi connectivity index (χ2n) is 6.14. The first-order chi connectivity index (χ1) is 12.6. The van der Waals surface area contributed by atoms with E-state index in [4.69, 9.17) is 9.97 Å². The maximum atomic E-state index is 4.81. The highest BCUT2D eigenvalue weighted by Gasteiger charge is 2.15. The Labute approximate surface area is 160 Å². The molecule has 4 aromatic rings. The molecule has 132 valence electrons. The Morgan fingerprint density at radius 3 is 2.73 bits per heavy atom. The standard InChI is InChI=1S/C19H19N5S2/c1-11-12(2)26-19-16(11)18(21-8-6-15-10-25-13(3)22-15)23-17(24-19)14-5-4-7-20-9-14/h4-5,7,9-10H,6,8H2,1-3H3,(H,21,23,24). The average Bonchev–Trinajstić information content (AvgIpc) is 3.19. The molecule has 0 aromatic carbocycles. The predicted octanol–water partition coefficient (Wildman–Crippen LogP) is 4.79. The SMILES string of the molecule is Cc1nc(CCNc2nc(-c3cccnc3)nc3sc(C)c(C)c23)cs1. The number of anilines is 1. The summed E-state index contributed by atoms with van der Waals surface area (Å²) in [6.07, 6.45) is 4.44. The van der Waals surface area contributed by atoms with Crippen LogP contribution in [-0.2, 0) is 6.42 Å². The van der Waals surface area contributed by atoms with Gasteiger partial charge in [0.05, 0.1) is 16.1 Å². The molecule has 0 unspecified atom stereocenters. The van der Waals surface area contributed by atoms with Crippen LogP contribution in [-0.4, -0.2) is 26.5 Å². The highest BCUT2D eigenvalue weighted by Crippen LogP contribution is 2.34. The Morgan fingerprint density at radius 2 is 2.00 bits per heavy atom. The summed E-state index contributed by atoms with van der Waals surface area (Å²) in [5.74, 6) is 1.60. The molecule has 0 aliphatic heterocycles. The number of hydrogen-bond donors (Lipinski definition) is 1. The maximum Gasteiger partial charge on any atom is 0.164 e. The lowest BCUT2D eigenvalue weighted by molar-refractivity contribution is 0.961. The van der Waals surface area contributed by atoms with E-state index in [0.29, 0.717) is 5.82 Å². The maximum absolute atomic E-state index is 4.81. The van der Waals surface area contributed by atoms with Crippen LogP contribution in [0.15, 0.2) is 29.9 Å². The number of aryl methyl sites for hydroxylation is 3. The zero-order chi connectivity index (χ0) is 18.1. The quantitative estimate of drug-likeness (QED) is 0.538. The van der Waals surface area contributed by atoms with Crippen LogP contribution in [0.5, 0.6) is 0 Å². The van der Waals surface area contributed by atoms with E-state index in [-0.39, 0.29) is 0 Å². The van der Waals surface area contributed by atoms with Crippen molar-refractivity contribution in [3.05, 3.63) is 51.0 Å². The van der Waals surface area contributed by atoms with Gasteiger partial charge in [-0.2, -0.15) is 0 Å². The van der Waals surface area contributed by atoms with E-state index in [0.717, 1.165) is 45.3 Å². The monoisotopic (exact) mass is 381 g/mol. The highest BCUT2D eigenvalue weighted by atomic mass is 32.1. The van der Waals surface area contributed by atoms with Crippen molar-refractivity contribution >= 4 is 38.7 Å². The van der Waals surface area contributed by atoms with Crippen molar-refractivity contribution in [2.24, 2.45) is 0 Å². The minimum absolute atomic E-state index is 0.707. The van der Waals surface area contributed by atoms with Crippen molar-refractivity contribution in [3.8, 4) is 11.4 Å². The fourth-order valence-electron chi connectivity index (χ4n) is 2.83. The van der Waals surface area contributed by atoms with Crippen molar-refractivity contribution in [1.29, 1.82) is 0 Å². The van der Waals surface area contributed by atoms with Gasteiger partial charge in [0, 0.05) is 41.2 Å². The molecule has 5 nitrogen and oxygen atoms in total. The van der Waals surface area contributed by atoms with Crippen LogP contribution in [0.2, 0.25) is 0 Å². The molecule has 4 aromatic heterocycles. The number of rotatable bonds is 5. The Kier molecular flexibility index (Phi) is 4.65. The zero-order valence-corrected chi connectivity index (χ0v) is 16.5. The molecule has 0 saturated heterocycles. The van der Waals surface area contributed by atoms with Gasteiger partial charge >= 0.3 is 0 Å². The number of hydrogen-bond acceptors (Lipinski definition) is 7. The molecule has 0 aliphatic carbocycles. The Bertz CT molecular complexity index is 1050. The van der Waals surface area contributed by atoms with Crippen LogP contribution < -0.4 is 5.32 Å². The molecule has 4 rings (SSSR count). The summed E-state index contributed by atoms with van der Waals surface area (Å²) in [5, 5.41) is 7.85. The van der Waals surface area contributed by atoms with E-state index in [1.54, 1.807) is 35.1 Å². The minimum Gasteiger partial charge on any atom is -0.369 e. The molecule has 4 heterocycles. The number of pyridine rings is 1. The van der Waals surface area contributed by atoms with E-state index < -0.39 is 0 Å². The third kappa shape index (κ3) is 3.32. The van der Waals surface area contributed by atoms with E-state index in [1.165, 1.54) is 10.4 Å². The number of thiophene rings is 1. The molecule has 0 saturated carbocycles. The smallest absolute Gasteiger partial charge is 0.164 e. The Morgan fingerprint density at radius 1 is 1.12 bits per heavy atom. The summed E-state index contributed by atoms with van der Waals surface area (Å²) in [6, 6.07) is 3.90. The second-order valence-corrected chi connectivity index (χ2v) is 8.40. The fourth-order valence-corrected chi connectivity index (χ4v) is 4.51. The van der Waals surface area contributed by atoms with Crippen LogP contribution in [0.4, 0.5) is 5.82 Å². The minimum atomic E-state index is 0.707. The molecule has 0 radical (unpaired) electrons. The van der Waals surface area contributed by atoms with E-state index in [2.05, 4.69) is 34.5 Å². The molecule has 1 N–H and O–H groups in total. The van der Waals surface area contributed by atoms with E-state index >= 15 is 0 Å². The highest BCUT2D eigenvalue weighted by molar-refractivity contribution is 7.18. The molecule has 7 heteroatoms. The number of nitrogens with one attached hydrogen (secondary N) is 1. The summed E-state index contributed by atoms with van der Waals surface area (Å²) in [6.45, 7) is 7.09. The van der Waals surface area contributed by atoms with Crippen molar-refractivity contribution in [2.75, 3.05) is 11.9 Å². The van der Waals surface area contributed by atoms with Gasteiger partial charge in [-0.25, -0.2) is 15.0 Å². The number of aromatic nitrogens is 4. The van der Waals surface area contributed by atoms with Gasteiger partial charge in [-0.15, -0.1) is 22.7 Å². The molecular weight excluding hydrogens is 362 g/mol. The first-order valence-corrected chi connectivity index (χ1v) is 10.1. The summed E-state index contributed by atoms with van der Waals surface area (Å²) >= 11 is 3.40. The summed E-state index contributed by atoms with van der Waals surface area (Å²) in [7, 11) is 0. The molecule has 0 aliphatic rings. The number of fused-ring (bicyclic) bond motifs is 1. The van der Waals surface area contributed by atoms with Crippen LogP contribution in [0.1, 0.15) is 21.1 Å². The van der Waals surface area contributed by atoms with Crippen LogP contribution >= 0.6 is 22.7 Å². The van der Waals surface area contributed by atoms with Gasteiger partial charge in [-0.3, -0.25) is 4.98 Å². The van der Waals surface area contributed by atoms with Crippen molar-refractivity contribution in [1.82, 2.24) is 19.9 Å². The third-order valence-electron chi connectivity index (χ3n) is 4.29. The van der Waals surface area contributed by atoms with Crippen LogP contribution in [0.25, 0.3) is 21.6 Å². The van der Waals surface area contributed by atoms with Gasteiger partial charge in [-0.05, 0) is 38.5 Å². The first-order valence-electron chi connectivity index (χ1n) is 8.45. The Hall–Kier alpha value is -2.38. The number of nitrogens with zero attached hydrogens (tertiary/aromatic N) is 4. The zero-order valence-electron chi connectivity index (χ0n) is 14.9. The molecule has 0 amide bonds. The van der Waals surface area contributed by atoms with Gasteiger partial charge in [-0.1, -0.05) is 0 Å². The van der Waals surface area contributed by atoms with Gasteiger partial charge in [0.15, 0.2) is 5.82 Å². The summed E-state index contributed by atoms with van der Waals surface area (Å²) in [5.41, 5.74) is 3.29. The first kappa shape index (κ1) is 17.1. The van der Waals surface area contributed by atoms with Crippen LogP contribution in [0, 0.1) is 20.8 Å². The lowest BCUT2D eigenvalue weighted by atomic mass is 10.2. The predicted molar refractivity (Wildman–Crippen MR) is 109 cm³/mol. The second kappa shape index (κ2) is 7.09. The van der Waals surface area contributed by atoms with Gasteiger partial charge in [0.1, 0.15) is 10.6 Å². The largest absolute Gasteiger partial charge is 0.369 e. The van der Waals surface area contributed by atoms with Crippen molar-refractivity contribution in [3.63, 3.8) is 0 Å². The summed E-state index contributed by atoms with van der Waals surface area (Å²) < 4.78 is 0. The lowest BCUT2D eigenvalue weighted by Gasteiger charge is -2.09. The molecular formula is C19H19N5S2. The van der Waals surface area contributed by atoms with E-state index in [9.17, 15) is 0 Å². The van der Waals surface area contributed by atoms with E-state index in [1.807, 2.05) is 19.1 Å².